The fraction of sp³-hybridized carbons (Fsp3) is 0.545. The number of nitrogens with one attached hydrogen (secondary N) is 1. The number of hydrogen-bond acceptors (Lipinski definition) is 5. The first-order valence-corrected chi connectivity index (χ1v) is 6.52. The molecule has 0 aliphatic carbocycles. The average molecular weight is 251 g/mol. The van der Waals surface area contributed by atoms with Gasteiger partial charge in [-0.15, -0.1) is 5.10 Å². The minimum Gasteiger partial charge on any atom is -0.308 e. The Labute approximate surface area is 105 Å². The summed E-state index contributed by atoms with van der Waals surface area (Å²) in [4.78, 5) is 1.16. The summed E-state index contributed by atoms with van der Waals surface area (Å²) >= 11 is 1.44. The molecule has 1 atom stereocenters. The van der Waals surface area contributed by atoms with E-state index in [9.17, 15) is 0 Å². The molecule has 92 valence electrons. The molecule has 5 nitrogen and oxygen atoms in total. The molecule has 0 amide bonds. The highest BCUT2D eigenvalue weighted by molar-refractivity contribution is 7.05. The summed E-state index contributed by atoms with van der Waals surface area (Å²) in [7, 11) is 1.95. The van der Waals surface area contributed by atoms with Gasteiger partial charge < -0.3 is 5.32 Å². The second-order valence-corrected chi connectivity index (χ2v) is 4.77. The first kappa shape index (κ1) is 12.2. The quantitative estimate of drug-likeness (QED) is 0.880. The number of nitrogens with zero attached hydrogens (tertiary/aromatic N) is 4. The van der Waals surface area contributed by atoms with Crippen LogP contribution in [0.2, 0.25) is 0 Å². The molecule has 0 aromatic carbocycles. The Kier molecular flexibility index (Phi) is 3.86. The zero-order chi connectivity index (χ0) is 12.3. The van der Waals surface area contributed by atoms with Crippen LogP contribution in [-0.4, -0.2) is 26.4 Å². The van der Waals surface area contributed by atoms with Crippen molar-refractivity contribution >= 4 is 11.5 Å². The van der Waals surface area contributed by atoms with Crippen molar-refractivity contribution in [2.24, 2.45) is 0 Å². The molecule has 0 bridgehead atoms. The Hall–Kier alpha value is -1.27. The van der Waals surface area contributed by atoms with Crippen LogP contribution < -0.4 is 5.32 Å². The van der Waals surface area contributed by atoms with Crippen molar-refractivity contribution in [1.82, 2.24) is 24.7 Å². The van der Waals surface area contributed by atoms with Crippen molar-refractivity contribution in [3.63, 3.8) is 0 Å². The van der Waals surface area contributed by atoms with Gasteiger partial charge in [0.15, 0.2) is 0 Å². The standard InChI is InChI=1S/C11H17N5S/c1-4-5-16-7-9(6-13-16)10(12-3)11-8(2)14-15-17-11/h6-7,10,12H,4-5H2,1-3H3. The lowest BCUT2D eigenvalue weighted by molar-refractivity contribution is 0.600. The normalized spacial score (nSPS) is 12.9. The molecule has 17 heavy (non-hydrogen) atoms. The summed E-state index contributed by atoms with van der Waals surface area (Å²) in [6.07, 6.45) is 5.09. The van der Waals surface area contributed by atoms with Crippen LogP contribution in [0.15, 0.2) is 12.4 Å². The fourth-order valence-electron chi connectivity index (χ4n) is 1.83. The molecule has 6 heteroatoms. The summed E-state index contributed by atoms with van der Waals surface area (Å²) in [5, 5.41) is 11.7. The van der Waals surface area contributed by atoms with Gasteiger partial charge in [0.05, 0.1) is 22.8 Å². The summed E-state index contributed by atoms with van der Waals surface area (Å²) in [6.45, 7) is 5.09. The highest BCUT2D eigenvalue weighted by Crippen LogP contribution is 2.25. The third kappa shape index (κ3) is 2.53. The first-order valence-electron chi connectivity index (χ1n) is 5.74. The second kappa shape index (κ2) is 5.37. The van der Waals surface area contributed by atoms with Gasteiger partial charge in [0.25, 0.3) is 0 Å². The fourth-order valence-corrected chi connectivity index (χ4v) is 2.62. The van der Waals surface area contributed by atoms with Crippen LogP contribution in [0.5, 0.6) is 0 Å². The molecule has 0 fully saturated rings. The van der Waals surface area contributed by atoms with Crippen molar-refractivity contribution in [3.8, 4) is 0 Å². The molecule has 0 saturated carbocycles. The molecule has 0 aliphatic rings. The van der Waals surface area contributed by atoms with E-state index >= 15 is 0 Å². The smallest absolute Gasteiger partial charge is 0.0776 e. The molecule has 2 heterocycles. The predicted molar refractivity (Wildman–Crippen MR) is 68.1 cm³/mol. The van der Waals surface area contributed by atoms with Crippen LogP contribution in [0, 0.1) is 6.92 Å². The van der Waals surface area contributed by atoms with Gasteiger partial charge in [-0.2, -0.15) is 5.10 Å². The Morgan fingerprint density at radius 1 is 1.53 bits per heavy atom. The minimum atomic E-state index is 0.139. The maximum atomic E-state index is 4.35. The first-order chi connectivity index (χ1) is 8.26. The van der Waals surface area contributed by atoms with E-state index in [1.165, 1.54) is 11.5 Å². The number of aromatic nitrogens is 4. The van der Waals surface area contributed by atoms with Gasteiger partial charge in [0.2, 0.25) is 0 Å². The molecule has 1 unspecified atom stereocenters. The molecule has 2 aromatic rings. The Morgan fingerprint density at radius 2 is 2.35 bits per heavy atom. The van der Waals surface area contributed by atoms with E-state index in [4.69, 9.17) is 0 Å². The SMILES string of the molecule is CCCn1cc(C(NC)c2snnc2C)cn1. The Morgan fingerprint density at radius 3 is 2.94 bits per heavy atom. The van der Waals surface area contributed by atoms with Gasteiger partial charge in [-0.05, 0) is 31.9 Å². The maximum absolute atomic E-state index is 4.35. The van der Waals surface area contributed by atoms with E-state index < -0.39 is 0 Å². The van der Waals surface area contributed by atoms with Gasteiger partial charge in [-0.3, -0.25) is 4.68 Å². The molecule has 0 radical (unpaired) electrons. The Balaban J connectivity index is 2.26. The van der Waals surface area contributed by atoms with Crippen molar-refractivity contribution in [2.45, 2.75) is 32.9 Å². The van der Waals surface area contributed by atoms with Crippen LogP contribution >= 0.6 is 11.5 Å². The lowest BCUT2D eigenvalue weighted by Gasteiger charge is -2.12. The predicted octanol–water partition coefficient (Wildman–Crippen LogP) is 1.76. The molecule has 1 N–H and O–H groups in total. The van der Waals surface area contributed by atoms with Gasteiger partial charge >= 0.3 is 0 Å². The van der Waals surface area contributed by atoms with Crippen LogP contribution in [-0.2, 0) is 6.54 Å². The second-order valence-electron chi connectivity index (χ2n) is 3.98. The molecular formula is C11H17N5S. The van der Waals surface area contributed by atoms with E-state index in [0.717, 1.165) is 29.1 Å². The molecule has 0 saturated heterocycles. The molecule has 0 aliphatic heterocycles. The molecular weight excluding hydrogens is 234 g/mol. The number of hydrogen-bond donors (Lipinski definition) is 1. The third-order valence-electron chi connectivity index (χ3n) is 2.68. The average Bonchev–Trinajstić information content (AvgIpc) is 2.92. The number of aryl methyl sites for hydroxylation is 2. The van der Waals surface area contributed by atoms with Crippen molar-refractivity contribution < 1.29 is 0 Å². The van der Waals surface area contributed by atoms with Crippen molar-refractivity contribution in [2.75, 3.05) is 7.05 Å². The van der Waals surface area contributed by atoms with Gasteiger partial charge in [0.1, 0.15) is 0 Å². The zero-order valence-electron chi connectivity index (χ0n) is 10.3. The lowest BCUT2D eigenvalue weighted by Crippen LogP contribution is -2.16. The Bertz CT molecular complexity index is 476. The van der Waals surface area contributed by atoms with E-state index in [2.05, 4.69) is 33.1 Å². The van der Waals surface area contributed by atoms with Crippen LogP contribution in [0.25, 0.3) is 0 Å². The molecule has 2 aromatic heterocycles. The topological polar surface area (TPSA) is 55.6 Å². The van der Waals surface area contributed by atoms with E-state index in [0.29, 0.717) is 0 Å². The lowest BCUT2D eigenvalue weighted by atomic mass is 10.1. The maximum Gasteiger partial charge on any atom is 0.0776 e. The van der Waals surface area contributed by atoms with E-state index in [1.807, 2.05) is 24.9 Å². The highest BCUT2D eigenvalue weighted by Gasteiger charge is 2.18. The summed E-state index contributed by atoms with van der Waals surface area (Å²) in [6, 6.07) is 0.139. The van der Waals surface area contributed by atoms with Crippen LogP contribution in [0.3, 0.4) is 0 Å². The van der Waals surface area contributed by atoms with Crippen molar-refractivity contribution in [3.05, 3.63) is 28.5 Å². The molecule has 2 rings (SSSR count). The van der Waals surface area contributed by atoms with Crippen molar-refractivity contribution in [1.29, 1.82) is 0 Å². The number of rotatable bonds is 5. The van der Waals surface area contributed by atoms with Crippen LogP contribution in [0.4, 0.5) is 0 Å². The van der Waals surface area contributed by atoms with E-state index in [1.54, 1.807) is 0 Å². The van der Waals surface area contributed by atoms with Gasteiger partial charge in [-0.25, -0.2) is 0 Å². The minimum absolute atomic E-state index is 0.139. The molecule has 0 spiro atoms. The van der Waals surface area contributed by atoms with Crippen LogP contribution in [0.1, 0.15) is 35.5 Å². The van der Waals surface area contributed by atoms with E-state index in [-0.39, 0.29) is 6.04 Å². The zero-order valence-corrected chi connectivity index (χ0v) is 11.2. The van der Waals surface area contributed by atoms with Gasteiger partial charge in [-0.1, -0.05) is 11.4 Å². The summed E-state index contributed by atoms with van der Waals surface area (Å²) in [5.74, 6) is 0. The summed E-state index contributed by atoms with van der Waals surface area (Å²) < 4.78 is 5.96. The van der Waals surface area contributed by atoms with Gasteiger partial charge in [0, 0.05) is 18.3 Å². The highest BCUT2D eigenvalue weighted by atomic mass is 32.1. The largest absolute Gasteiger partial charge is 0.308 e. The monoisotopic (exact) mass is 251 g/mol. The third-order valence-corrected chi connectivity index (χ3v) is 3.57. The summed E-state index contributed by atoms with van der Waals surface area (Å²) in [5.41, 5.74) is 2.15.